The average molecular weight is 432 g/mol. The van der Waals surface area contributed by atoms with E-state index >= 15 is 0 Å². The molecule has 1 amide bonds. The number of carbonyl (C=O) groups is 1. The van der Waals surface area contributed by atoms with Gasteiger partial charge in [-0.25, -0.2) is 9.67 Å². The first kappa shape index (κ1) is 19.6. The minimum Gasteiger partial charge on any atom is -0.326 e. The van der Waals surface area contributed by atoms with Crippen molar-refractivity contribution in [1.29, 1.82) is 0 Å². The molecule has 0 radical (unpaired) electrons. The number of nitrogens with zero attached hydrogens (tertiary/aromatic N) is 4. The second kappa shape index (κ2) is 7.70. The van der Waals surface area contributed by atoms with Crippen LogP contribution in [0.25, 0.3) is 16.7 Å². The van der Waals surface area contributed by atoms with Gasteiger partial charge in [0.05, 0.1) is 17.9 Å². The van der Waals surface area contributed by atoms with Gasteiger partial charge in [0.15, 0.2) is 10.8 Å². The monoisotopic (exact) mass is 431 g/mol. The summed E-state index contributed by atoms with van der Waals surface area (Å²) in [5.74, 6) is 0.521. The standard InChI is InChI=1S/C23H21N5O2S/c1-14-7-6-10-19(15(14)2)25-20(29)11-17-13-31-23-26-21-18(22(30)27(17)23)12-24-28(21)16-8-4-3-5-9-16/h3-10,12,17H,11,13H2,1-2H3,(H,25,29)/t17-/m1/s1. The molecular formula is C23H21N5O2S. The van der Waals surface area contributed by atoms with Gasteiger partial charge >= 0.3 is 0 Å². The molecule has 2 aromatic heterocycles. The molecule has 1 atom stereocenters. The van der Waals surface area contributed by atoms with E-state index in [4.69, 9.17) is 4.98 Å². The molecule has 0 fully saturated rings. The molecule has 31 heavy (non-hydrogen) atoms. The molecule has 1 N–H and O–H groups in total. The predicted molar refractivity (Wildman–Crippen MR) is 122 cm³/mol. The van der Waals surface area contributed by atoms with Gasteiger partial charge in [-0.3, -0.25) is 14.2 Å². The first-order valence-corrected chi connectivity index (χ1v) is 11.1. The lowest BCUT2D eigenvalue weighted by Crippen LogP contribution is -2.28. The highest BCUT2D eigenvalue weighted by molar-refractivity contribution is 7.99. The summed E-state index contributed by atoms with van der Waals surface area (Å²) >= 11 is 1.50. The first-order valence-electron chi connectivity index (χ1n) is 10.1. The van der Waals surface area contributed by atoms with E-state index in [-0.39, 0.29) is 23.9 Å². The van der Waals surface area contributed by atoms with Gasteiger partial charge in [0.1, 0.15) is 5.39 Å². The Kier molecular flexibility index (Phi) is 4.86. The number of amides is 1. The Morgan fingerprint density at radius 1 is 1.16 bits per heavy atom. The Hall–Kier alpha value is -3.39. The number of rotatable bonds is 4. The van der Waals surface area contributed by atoms with Gasteiger partial charge in [-0.05, 0) is 43.2 Å². The molecular weight excluding hydrogens is 410 g/mol. The van der Waals surface area contributed by atoms with Crippen LogP contribution in [0.5, 0.6) is 0 Å². The molecule has 5 rings (SSSR count). The zero-order chi connectivity index (χ0) is 21.5. The van der Waals surface area contributed by atoms with Crippen LogP contribution in [0.1, 0.15) is 23.6 Å². The number of thioether (sulfide) groups is 1. The van der Waals surface area contributed by atoms with Crippen LogP contribution in [0.2, 0.25) is 0 Å². The van der Waals surface area contributed by atoms with Crippen LogP contribution in [0.3, 0.4) is 0 Å². The molecule has 3 heterocycles. The Morgan fingerprint density at radius 2 is 1.97 bits per heavy atom. The Bertz CT molecular complexity index is 1360. The minimum atomic E-state index is -0.241. The molecule has 7 nitrogen and oxygen atoms in total. The fourth-order valence-corrected chi connectivity index (χ4v) is 4.97. The van der Waals surface area contributed by atoms with E-state index in [1.807, 2.05) is 62.4 Å². The van der Waals surface area contributed by atoms with Crippen molar-refractivity contribution >= 4 is 34.4 Å². The summed E-state index contributed by atoms with van der Waals surface area (Å²) in [7, 11) is 0. The van der Waals surface area contributed by atoms with Gasteiger partial charge in [0.2, 0.25) is 5.91 Å². The number of fused-ring (bicyclic) bond motifs is 2. The van der Waals surface area contributed by atoms with Gasteiger partial charge in [0.25, 0.3) is 5.56 Å². The highest BCUT2D eigenvalue weighted by Gasteiger charge is 2.29. The topological polar surface area (TPSA) is 81.8 Å². The lowest BCUT2D eigenvalue weighted by Gasteiger charge is -2.15. The Labute approximate surface area is 183 Å². The van der Waals surface area contributed by atoms with Crippen LogP contribution in [0, 0.1) is 13.8 Å². The molecule has 0 saturated carbocycles. The quantitative estimate of drug-likeness (QED) is 0.496. The number of aromatic nitrogens is 4. The SMILES string of the molecule is Cc1cccc(NC(=O)C[C@@H]2CSc3nc4c(cnn4-c4ccccc4)c(=O)n32)c1C. The van der Waals surface area contributed by atoms with E-state index in [2.05, 4.69) is 10.4 Å². The van der Waals surface area contributed by atoms with Crippen LogP contribution in [-0.4, -0.2) is 31.0 Å². The summed E-state index contributed by atoms with van der Waals surface area (Å²) in [5, 5.41) is 8.45. The average Bonchev–Trinajstić information content (AvgIpc) is 3.37. The van der Waals surface area contributed by atoms with Gasteiger partial charge in [-0.15, -0.1) is 0 Å². The zero-order valence-corrected chi connectivity index (χ0v) is 18.0. The fraction of sp³-hybridized carbons (Fsp3) is 0.217. The number of hydrogen-bond acceptors (Lipinski definition) is 5. The van der Waals surface area contributed by atoms with E-state index in [9.17, 15) is 9.59 Å². The Balaban J connectivity index is 1.45. The lowest BCUT2D eigenvalue weighted by atomic mass is 10.1. The highest BCUT2D eigenvalue weighted by Crippen LogP contribution is 2.33. The van der Waals surface area contributed by atoms with Gasteiger partial charge in [-0.2, -0.15) is 5.10 Å². The number of benzene rings is 2. The molecule has 156 valence electrons. The Morgan fingerprint density at radius 3 is 2.77 bits per heavy atom. The number of para-hydroxylation sites is 1. The third kappa shape index (κ3) is 3.42. The number of aryl methyl sites for hydroxylation is 1. The third-order valence-electron chi connectivity index (χ3n) is 5.67. The van der Waals surface area contributed by atoms with Crippen LogP contribution < -0.4 is 10.9 Å². The predicted octanol–water partition coefficient (Wildman–Crippen LogP) is 3.87. The maximum Gasteiger partial charge on any atom is 0.265 e. The van der Waals surface area contributed by atoms with Crippen LogP contribution >= 0.6 is 11.8 Å². The molecule has 0 spiro atoms. The summed E-state index contributed by atoms with van der Waals surface area (Å²) in [6.45, 7) is 4.00. The van der Waals surface area contributed by atoms with Gasteiger partial charge < -0.3 is 5.32 Å². The van der Waals surface area contributed by atoms with Crippen LogP contribution in [0.4, 0.5) is 5.69 Å². The molecule has 8 heteroatoms. The number of hydrogen-bond donors (Lipinski definition) is 1. The molecule has 0 bridgehead atoms. The molecule has 0 saturated heterocycles. The zero-order valence-electron chi connectivity index (χ0n) is 17.2. The van der Waals surface area contributed by atoms with Crippen molar-refractivity contribution in [3.63, 3.8) is 0 Å². The summed E-state index contributed by atoms with van der Waals surface area (Å²) in [4.78, 5) is 30.7. The van der Waals surface area contributed by atoms with Gasteiger partial charge in [0, 0.05) is 17.9 Å². The summed E-state index contributed by atoms with van der Waals surface area (Å²) in [5.41, 5.74) is 4.21. The van der Waals surface area contributed by atoms with Crippen LogP contribution in [-0.2, 0) is 4.79 Å². The van der Waals surface area contributed by atoms with E-state index in [0.29, 0.717) is 21.9 Å². The maximum absolute atomic E-state index is 13.2. The summed E-state index contributed by atoms with van der Waals surface area (Å²) in [6.07, 6.45) is 1.77. The second-order valence-corrected chi connectivity index (χ2v) is 8.65. The largest absolute Gasteiger partial charge is 0.326 e. The second-order valence-electron chi connectivity index (χ2n) is 7.66. The van der Waals surface area contributed by atoms with E-state index < -0.39 is 0 Å². The van der Waals surface area contributed by atoms with Crippen molar-refractivity contribution in [2.45, 2.75) is 31.5 Å². The number of carbonyl (C=O) groups excluding carboxylic acids is 1. The third-order valence-corrected chi connectivity index (χ3v) is 6.77. The summed E-state index contributed by atoms with van der Waals surface area (Å²) < 4.78 is 3.32. The maximum atomic E-state index is 13.2. The van der Waals surface area contributed by atoms with Crippen molar-refractivity contribution in [3.8, 4) is 5.69 Å². The molecule has 2 aromatic carbocycles. The highest BCUT2D eigenvalue weighted by atomic mass is 32.2. The number of anilines is 1. The lowest BCUT2D eigenvalue weighted by molar-refractivity contribution is -0.116. The van der Waals surface area contributed by atoms with E-state index in [1.165, 1.54) is 11.8 Å². The normalized spacial score (nSPS) is 15.2. The van der Waals surface area contributed by atoms with Crippen LogP contribution in [0.15, 0.2) is 64.7 Å². The van der Waals surface area contributed by atoms with Crippen molar-refractivity contribution in [3.05, 3.63) is 76.2 Å². The fourth-order valence-electron chi connectivity index (χ4n) is 3.84. The van der Waals surface area contributed by atoms with Gasteiger partial charge in [-0.1, -0.05) is 42.1 Å². The number of nitrogens with one attached hydrogen (secondary N) is 1. The first-order chi connectivity index (χ1) is 15.0. The van der Waals surface area contributed by atoms with Crippen molar-refractivity contribution < 1.29 is 4.79 Å². The van der Waals surface area contributed by atoms with E-state index in [1.54, 1.807) is 15.4 Å². The smallest absolute Gasteiger partial charge is 0.265 e. The van der Waals surface area contributed by atoms with Crippen molar-refractivity contribution in [1.82, 2.24) is 19.3 Å². The summed E-state index contributed by atoms with van der Waals surface area (Å²) in [6, 6.07) is 15.2. The van der Waals surface area contributed by atoms with E-state index in [0.717, 1.165) is 22.5 Å². The molecule has 4 aromatic rings. The molecule has 1 aliphatic heterocycles. The van der Waals surface area contributed by atoms with Crippen molar-refractivity contribution in [2.75, 3.05) is 11.1 Å². The molecule has 0 unspecified atom stereocenters. The minimum absolute atomic E-state index is 0.112. The van der Waals surface area contributed by atoms with Crippen molar-refractivity contribution in [2.24, 2.45) is 0 Å². The molecule has 1 aliphatic rings. The molecule has 0 aliphatic carbocycles.